The third kappa shape index (κ3) is 2.77. The number of oxazole rings is 1. The molecule has 0 saturated heterocycles. The van der Waals surface area contributed by atoms with Crippen LogP contribution >= 0.6 is 0 Å². The van der Waals surface area contributed by atoms with Crippen molar-refractivity contribution in [3.05, 3.63) is 40.4 Å². The van der Waals surface area contributed by atoms with Gasteiger partial charge in [0.2, 0.25) is 11.6 Å². The Morgan fingerprint density at radius 1 is 1.50 bits per heavy atom. The zero-order valence-electron chi connectivity index (χ0n) is 11.3. The highest BCUT2D eigenvalue weighted by Gasteiger charge is 2.21. The van der Waals surface area contributed by atoms with Gasteiger partial charge < -0.3 is 14.5 Å². The average Bonchev–Trinajstić information content (AvgIpc) is 2.92. The van der Waals surface area contributed by atoms with Crippen LogP contribution in [0.25, 0.3) is 11.3 Å². The summed E-state index contributed by atoms with van der Waals surface area (Å²) in [5.41, 5.74) is 0.409. The second-order valence-corrected chi connectivity index (χ2v) is 4.01. The van der Waals surface area contributed by atoms with Crippen LogP contribution < -0.4 is 10.1 Å². The zero-order valence-corrected chi connectivity index (χ0v) is 11.3. The number of nitro groups is 1. The molecule has 1 heterocycles. The van der Waals surface area contributed by atoms with Crippen molar-refractivity contribution < 1.29 is 14.1 Å². The third-order valence-corrected chi connectivity index (χ3v) is 2.74. The topological polar surface area (TPSA) is 90.4 Å². The van der Waals surface area contributed by atoms with Crippen molar-refractivity contribution in [2.24, 2.45) is 0 Å². The highest BCUT2D eigenvalue weighted by atomic mass is 16.6. The minimum atomic E-state index is -0.488. The maximum atomic E-state index is 11.0. The van der Waals surface area contributed by atoms with E-state index >= 15 is 0 Å². The molecule has 7 heteroatoms. The van der Waals surface area contributed by atoms with E-state index in [9.17, 15) is 10.1 Å². The molecular weight excluding hydrogens is 262 g/mol. The molecule has 1 aromatic heterocycles. The van der Waals surface area contributed by atoms with Gasteiger partial charge in [-0.05, 0) is 12.6 Å². The molecule has 0 bridgehead atoms. The summed E-state index contributed by atoms with van der Waals surface area (Å²) < 4.78 is 10.7. The van der Waals surface area contributed by atoms with Crippen LogP contribution in [0.15, 0.2) is 28.8 Å². The second-order valence-electron chi connectivity index (χ2n) is 4.01. The van der Waals surface area contributed by atoms with E-state index in [1.54, 1.807) is 12.1 Å². The van der Waals surface area contributed by atoms with Crippen LogP contribution in [-0.4, -0.2) is 23.6 Å². The summed E-state index contributed by atoms with van der Waals surface area (Å²) in [5, 5.41) is 14.1. The molecule has 0 fully saturated rings. The van der Waals surface area contributed by atoms with Crippen LogP contribution in [-0.2, 0) is 6.54 Å². The summed E-state index contributed by atoms with van der Waals surface area (Å²) in [6.45, 7) is 3.29. The Labute approximate surface area is 115 Å². The van der Waals surface area contributed by atoms with E-state index in [2.05, 4.69) is 10.3 Å². The number of nitro benzene ring substituents is 1. The van der Waals surface area contributed by atoms with Gasteiger partial charge in [-0.3, -0.25) is 10.1 Å². The predicted molar refractivity (Wildman–Crippen MR) is 72.5 cm³/mol. The summed E-state index contributed by atoms with van der Waals surface area (Å²) in [7, 11) is 1.39. The molecule has 0 spiro atoms. The van der Waals surface area contributed by atoms with E-state index in [0.29, 0.717) is 23.8 Å². The molecule has 2 aromatic rings. The van der Waals surface area contributed by atoms with Crippen LogP contribution in [0.4, 0.5) is 5.69 Å². The minimum Gasteiger partial charge on any atom is -0.490 e. The molecular formula is C13H15N3O4. The second kappa shape index (κ2) is 6.16. The van der Waals surface area contributed by atoms with Crippen LogP contribution in [0, 0.1) is 10.1 Å². The lowest BCUT2D eigenvalue weighted by molar-refractivity contribution is -0.385. The lowest BCUT2D eigenvalue weighted by atomic mass is 10.1. The number of ether oxygens (including phenoxy) is 1. The van der Waals surface area contributed by atoms with Gasteiger partial charge in [0.25, 0.3) is 0 Å². The van der Waals surface area contributed by atoms with Crippen LogP contribution in [0.1, 0.15) is 12.8 Å². The van der Waals surface area contributed by atoms with Gasteiger partial charge in [-0.15, -0.1) is 0 Å². The number of aromatic nitrogens is 1. The Kier molecular flexibility index (Phi) is 4.31. The molecule has 0 aliphatic rings. The standard InChI is InChI=1S/C13H15N3O4/c1-3-14-8-12-15-7-11(20-12)9-5-4-6-10(16(17)18)13(9)19-2/h4-7,14H,3,8H2,1-2H3. The maximum Gasteiger partial charge on any atom is 0.311 e. The van der Waals surface area contributed by atoms with Gasteiger partial charge in [-0.1, -0.05) is 13.0 Å². The van der Waals surface area contributed by atoms with E-state index in [1.165, 1.54) is 19.4 Å². The predicted octanol–water partition coefficient (Wildman–Crippen LogP) is 2.37. The molecule has 0 aliphatic carbocycles. The van der Waals surface area contributed by atoms with Gasteiger partial charge in [0.15, 0.2) is 5.76 Å². The average molecular weight is 277 g/mol. The SMILES string of the molecule is CCNCc1ncc(-c2cccc([N+](=O)[O-])c2OC)o1. The van der Waals surface area contributed by atoms with Gasteiger partial charge in [-0.2, -0.15) is 0 Å². The Balaban J connectivity index is 2.39. The summed E-state index contributed by atoms with van der Waals surface area (Å²) in [4.78, 5) is 14.6. The van der Waals surface area contributed by atoms with Crippen molar-refractivity contribution >= 4 is 5.69 Å². The van der Waals surface area contributed by atoms with Gasteiger partial charge in [0.05, 0.1) is 30.3 Å². The number of para-hydroxylation sites is 1. The highest BCUT2D eigenvalue weighted by molar-refractivity contribution is 5.71. The molecule has 1 aromatic carbocycles. The molecule has 106 valence electrons. The highest BCUT2D eigenvalue weighted by Crippen LogP contribution is 2.37. The number of hydrogen-bond donors (Lipinski definition) is 1. The maximum absolute atomic E-state index is 11.0. The minimum absolute atomic E-state index is 0.102. The van der Waals surface area contributed by atoms with E-state index in [0.717, 1.165) is 6.54 Å². The summed E-state index contributed by atoms with van der Waals surface area (Å²) in [5.74, 6) is 1.14. The lowest BCUT2D eigenvalue weighted by Crippen LogP contribution is -2.11. The first kappa shape index (κ1) is 14.0. The Morgan fingerprint density at radius 3 is 2.95 bits per heavy atom. The van der Waals surface area contributed by atoms with E-state index in [-0.39, 0.29) is 11.4 Å². The number of rotatable bonds is 6. The fraction of sp³-hybridized carbons (Fsp3) is 0.308. The van der Waals surface area contributed by atoms with Crippen molar-refractivity contribution in [2.45, 2.75) is 13.5 Å². The van der Waals surface area contributed by atoms with Crippen LogP contribution in [0.5, 0.6) is 5.75 Å². The molecule has 0 unspecified atom stereocenters. The number of methoxy groups -OCH3 is 1. The molecule has 0 radical (unpaired) electrons. The zero-order chi connectivity index (χ0) is 14.5. The first-order valence-electron chi connectivity index (χ1n) is 6.14. The molecule has 2 rings (SSSR count). The molecule has 0 saturated carbocycles. The molecule has 1 N–H and O–H groups in total. The van der Waals surface area contributed by atoms with Crippen molar-refractivity contribution in [3.63, 3.8) is 0 Å². The lowest BCUT2D eigenvalue weighted by Gasteiger charge is -2.06. The number of hydrogen-bond acceptors (Lipinski definition) is 6. The molecule has 0 amide bonds. The largest absolute Gasteiger partial charge is 0.490 e. The Morgan fingerprint density at radius 2 is 2.30 bits per heavy atom. The normalized spacial score (nSPS) is 10.5. The van der Waals surface area contributed by atoms with Gasteiger partial charge >= 0.3 is 5.69 Å². The summed E-state index contributed by atoms with van der Waals surface area (Å²) in [6, 6.07) is 4.67. The summed E-state index contributed by atoms with van der Waals surface area (Å²) in [6.07, 6.45) is 1.54. The molecule has 0 aliphatic heterocycles. The Hall–Kier alpha value is -2.41. The fourth-order valence-corrected chi connectivity index (χ4v) is 1.83. The smallest absolute Gasteiger partial charge is 0.311 e. The number of benzene rings is 1. The van der Waals surface area contributed by atoms with Gasteiger partial charge in [0, 0.05) is 6.07 Å². The third-order valence-electron chi connectivity index (χ3n) is 2.74. The van der Waals surface area contributed by atoms with E-state index < -0.39 is 4.92 Å². The fourth-order valence-electron chi connectivity index (χ4n) is 1.83. The first-order chi connectivity index (χ1) is 9.67. The van der Waals surface area contributed by atoms with E-state index in [4.69, 9.17) is 9.15 Å². The summed E-state index contributed by atoms with van der Waals surface area (Å²) >= 11 is 0. The molecule has 20 heavy (non-hydrogen) atoms. The monoisotopic (exact) mass is 277 g/mol. The quantitative estimate of drug-likeness (QED) is 0.644. The molecule has 7 nitrogen and oxygen atoms in total. The van der Waals surface area contributed by atoms with E-state index in [1.807, 2.05) is 6.92 Å². The van der Waals surface area contributed by atoms with Crippen LogP contribution in [0.2, 0.25) is 0 Å². The van der Waals surface area contributed by atoms with Crippen molar-refractivity contribution in [2.75, 3.05) is 13.7 Å². The molecule has 0 atom stereocenters. The number of nitrogens with zero attached hydrogens (tertiary/aromatic N) is 2. The van der Waals surface area contributed by atoms with Crippen molar-refractivity contribution in [1.82, 2.24) is 10.3 Å². The first-order valence-corrected chi connectivity index (χ1v) is 6.14. The Bertz CT molecular complexity index is 609. The number of nitrogens with one attached hydrogen (secondary N) is 1. The van der Waals surface area contributed by atoms with Crippen molar-refractivity contribution in [3.8, 4) is 17.1 Å². The van der Waals surface area contributed by atoms with Crippen LogP contribution in [0.3, 0.4) is 0 Å². The van der Waals surface area contributed by atoms with Gasteiger partial charge in [-0.25, -0.2) is 4.98 Å². The van der Waals surface area contributed by atoms with Gasteiger partial charge in [0.1, 0.15) is 0 Å². The van der Waals surface area contributed by atoms with Crippen molar-refractivity contribution in [1.29, 1.82) is 0 Å².